The van der Waals surface area contributed by atoms with Crippen molar-refractivity contribution in [1.82, 2.24) is 0 Å². The van der Waals surface area contributed by atoms with Crippen LogP contribution in [0.5, 0.6) is 0 Å². The van der Waals surface area contributed by atoms with Crippen molar-refractivity contribution in [3.05, 3.63) is 12.2 Å². The minimum atomic E-state index is -0.766. The highest BCUT2D eigenvalue weighted by atomic mass is 16.6. The number of allylic oxidation sites excluding steroid dienone is 2. The first kappa shape index (κ1) is 56.1. The van der Waals surface area contributed by atoms with Crippen LogP contribution in [0.15, 0.2) is 12.2 Å². The molecular weight excluding hydrogens is 721 g/mol. The van der Waals surface area contributed by atoms with Crippen molar-refractivity contribution in [3.63, 3.8) is 0 Å². The fourth-order valence-corrected chi connectivity index (χ4v) is 7.61. The van der Waals surface area contributed by atoms with Crippen LogP contribution in [-0.2, 0) is 28.6 Å². The van der Waals surface area contributed by atoms with Gasteiger partial charge in [0.2, 0.25) is 0 Å². The SMILES string of the molecule is CCCCCCC/C=C\CCCCCCCC(=O)OC(COC(=O)CCCCCCCCCC)COC(=O)CCCCCCCCCCCCCCCCCCCC. The summed E-state index contributed by atoms with van der Waals surface area (Å²) < 4.78 is 16.7. The summed E-state index contributed by atoms with van der Waals surface area (Å²) in [4.78, 5) is 37.8. The van der Waals surface area contributed by atoms with E-state index in [1.54, 1.807) is 0 Å². The van der Waals surface area contributed by atoms with E-state index in [4.69, 9.17) is 14.2 Å². The molecule has 0 aliphatic heterocycles. The van der Waals surface area contributed by atoms with Gasteiger partial charge in [-0.3, -0.25) is 14.4 Å². The standard InChI is InChI=1S/C52H98O6/c1-4-7-10-13-16-19-21-23-25-26-27-28-30-31-33-36-39-42-45-51(54)57-48-49(47-56-50(53)44-41-38-35-18-15-12-9-6-3)58-52(55)46-43-40-37-34-32-29-24-22-20-17-14-11-8-5-2/h22,24,49H,4-21,23,25-48H2,1-3H3/b24-22-. The Kier molecular flexibility index (Phi) is 46.3. The molecule has 0 fully saturated rings. The van der Waals surface area contributed by atoms with Gasteiger partial charge in [-0.2, -0.15) is 0 Å². The van der Waals surface area contributed by atoms with Crippen LogP contribution in [0.1, 0.15) is 284 Å². The maximum Gasteiger partial charge on any atom is 0.306 e. The molecular formula is C52H98O6. The van der Waals surface area contributed by atoms with Gasteiger partial charge < -0.3 is 14.2 Å². The molecule has 0 aromatic rings. The number of carbonyl (C=O) groups excluding carboxylic acids is 3. The summed E-state index contributed by atoms with van der Waals surface area (Å²) in [6, 6.07) is 0. The molecule has 0 aliphatic carbocycles. The Labute approximate surface area is 360 Å². The van der Waals surface area contributed by atoms with Crippen LogP contribution in [-0.4, -0.2) is 37.2 Å². The Morgan fingerprint density at radius 2 is 0.569 bits per heavy atom. The summed E-state index contributed by atoms with van der Waals surface area (Å²) in [7, 11) is 0. The van der Waals surface area contributed by atoms with Crippen molar-refractivity contribution in [2.45, 2.75) is 290 Å². The zero-order valence-electron chi connectivity index (χ0n) is 39.1. The lowest BCUT2D eigenvalue weighted by Crippen LogP contribution is -2.30. The molecule has 6 nitrogen and oxygen atoms in total. The molecule has 0 radical (unpaired) electrons. The lowest BCUT2D eigenvalue weighted by atomic mass is 10.0. The van der Waals surface area contributed by atoms with Gasteiger partial charge in [0.15, 0.2) is 6.10 Å². The summed E-state index contributed by atoms with van der Waals surface area (Å²) in [5.74, 6) is -0.867. The fraction of sp³-hybridized carbons (Fsp3) is 0.904. The maximum atomic E-state index is 12.7. The predicted molar refractivity (Wildman–Crippen MR) is 247 cm³/mol. The fourth-order valence-electron chi connectivity index (χ4n) is 7.61. The van der Waals surface area contributed by atoms with E-state index in [0.717, 1.165) is 64.2 Å². The molecule has 0 aromatic heterocycles. The molecule has 0 bridgehead atoms. The molecule has 0 saturated carbocycles. The van der Waals surface area contributed by atoms with Crippen LogP contribution in [0.25, 0.3) is 0 Å². The Balaban J connectivity index is 4.23. The van der Waals surface area contributed by atoms with Crippen molar-refractivity contribution in [1.29, 1.82) is 0 Å². The minimum absolute atomic E-state index is 0.0685. The third-order valence-electron chi connectivity index (χ3n) is 11.5. The van der Waals surface area contributed by atoms with Crippen molar-refractivity contribution in [2.75, 3.05) is 13.2 Å². The van der Waals surface area contributed by atoms with Gasteiger partial charge in [-0.25, -0.2) is 0 Å². The van der Waals surface area contributed by atoms with Crippen LogP contribution >= 0.6 is 0 Å². The maximum absolute atomic E-state index is 12.7. The van der Waals surface area contributed by atoms with Crippen molar-refractivity contribution >= 4 is 17.9 Å². The predicted octanol–water partition coefficient (Wildman–Crippen LogP) is 16.6. The smallest absolute Gasteiger partial charge is 0.306 e. The van der Waals surface area contributed by atoms with Crippen molar-refractivity contribution in [2.24, 2.45) is 0 Å². The lowest BCUT2D eigenvalue weighted by Gasteiger charge is -2.18. The molecule has 58 heavy (non-hydrogen) atoms. The highest BCUT2D eigenvalue weighted by Crippen LogP contribution is 2.16. The molecule has 0 rings (SSSR count). The monoisotopic (exact) mass is 819 g/mol. The molecule has 0 spiro atoms. The van der Waals surface area contributed by atoms with E-state index in [2.05, 4.69) is 32.9 Å². The van der Waals surface area contributed by atoms with Crippen LogP contribution in [0, 0.1) is 0 Å². The quantitative estimate of drug-likeness (QED) is 0.0263. The van der Waals surface area contributed by atoms with E-state index in [1.807, 2.05) is 0 Å². The number of carbonyl (C=O) groups is 3. The number of hydrogen-bond donors (Lipinski definition) is 0. The highest BCUT2D eigenvalue weighted by Gasteiger charge is 2.19. The van der Waals surface area contributed by atoms with E-state index < -0.39 is 6.10 Å². The summed E-state index contributed by atoms with van der Waals surface area (Å²) in [5.41, 5.74) is 0. The molecule has 0 aromatic carbocycles. The summed E-state index contributed by atoms with van der Waals surface area (Å²) in [6.07, 6.45) is 52.0. The zero-order valence-corrected chi connectivity index (χ0v) is 39.1. The Morgan fingerprint density at radius 1 is 0.328 bits per heavy atom. The molecule has 1 atom stereocenters. The zero-order chi connectivity index (χ0) is 42.3. The van der Waals surface area contributed by atoms with E-state index in [0.29, 0.717) is 19.3 Å². The van der Waals surface area contributed by atoms with Crippen LogP contribution in [0.3, 0.4) is 0 Å². The second-order valence-electron chi connectivity index (χ2n) is 17.4. The van der Waals surface area contributed by atoms with Crippen LogP contribution in [0.4, 0.5) is 0 Å². The van der Waals surface area contributed by atoms with Gasteiger partial charge >= 0.3 is 17.9 Å². The number of unbranched alkanes of at least 4 members (excludes halogenated alkanes) is 34. The molecule has 1 unspecified atom stereocenters. The molecule has 0 heterocycles. The lowest BCUT2D eigenvalue weighted by molar-refractivity contribution is -0.167. The third kappa shape index (κ3) is 45.2. The number of ether oxygens (including phenoxy) is 3. The van der Waals surface area contributed by atoms with Gasteiger partial charge in [-0.15, -0.1) is 0 Å². The average molecular weight is 819 g/mol. The Hall–Kier alpha value is -1.85. The summed E-state index contributed by atoms with van der Waals surface area (Å²) >= 11 is 0. The molecule has 342 valence electrons. The summed E-state index contributed by atoms with van der Waals surface area (Å²) in [6.45, 7) is 6.63. The Bertz CT molecular complexity index is 900. The normalized spacial score (nSPS) is 12.0. The van der Waals surface area contributed by atoms with Gasteiger partial charge in [0.05, 0.1) is 0 Å². The van der Waals surface area contributed by atoms with E-state index in [9.17, 15) is 14.4 Å². The average Bonchev–Trinajstić information content (AvgIpc) is 3.22. The number of hydrogen-bond acceptors (Lipinski definition) is 6. The van der Waals surface area contributed by atoms with Gasteiger partial charge in [0, 0.05) is 19.3 Å². The first-order valence-electron chi connectivity index (χ1n) is 25.7. The number of esters is 3. The topological polar surface area (TPSA) is 78.9 Å². The second kappa shape index (κ2) is 47.8. The van der Waals surface area contributed by atoms with Crippen LogP contribution < -0.4 is 0 Å². The van der Waals surface area contributed by atoms with E-state index in [-0.39, 0.29) is 31.1 Å². The second-order valence-corrected chi connectivity index (χ2v) is 17.4. The molecule has 6 heteroatoms. The van der Waals surface area contributed by atoms with E-state index >= 15 is 0 Å². The van der Waals surface area contributed by atoms with Gasteiger partial charge in [-0.05, 0) is 44.9 Å². The molecule has 0 N–H and O–H groups in total. The first-order chi connectivity index (χ1) is 28.5. The van der Waals surface area contributed by atoms with Crippen LogP contribution in [0.2, 0.25) is 0 Å². The third-order valence-corrected chi connectivity index (χ3v) is 11.5. The largest absolute Gasteiger partial charge is 0.462 e. The first-order valence-corrected chi connectivity index (χ1v) is 25.7. The van der Waals surface area contributed by atoms with Gasteiger partial charge in [-0.1, -0.05) is 232 Å². The highest BCUT2D eigenvalue weighted by molar-refractivity contribution is 5.71. The Morgan fingerprint density at radius 3 is 0.862 bits per heavy atom. The van der Waals surface area contributed by atoms with Crippen molar-refractivity contribution < 1.29 is 28.6 Å². The summed E-state index contributed by atoms with van der Waals surface area (Å²) in [5, 5.41) is 0. The van der Waals surface area contributed by atoms with Gasteiger partial charge in [0.1, 0.15) is 13.2 Å². The van der Waals surface area contributed by atoms with Crippen molar-refractivity contribution in [3.8, 4) is 0 Å². The minimum Gasteiger partial charge on any atom is -0.462 e. The molecule has 0 amide bonds. The molecule has 0 saturated heterocycles. The number of rotatable bonds is 47. The van der Waals surface area contributed by atoms with Gasteiger partial charge in [0.25, 0.3) is 0 Å². The van der Waals surface area contributed by atoms with E-state index in [1.165, 1.54) is 180 Å². The molecule has 0 aliphatic rings.